The Morgan fingerprint density at radius 1 is 0.950 bits per heavy atom. The molecule has 3 fully saturated rings. The summed E-state index contributed by atoms with van der Waals surface area (Å²) in [6.45, 7) is 3.78. The van der Waals surface area contributed by atoms with Crippen molar-refractivity contribution >= 4 is 11.8 Å². The minimum absolute atomic E-state index is 0.0610. The third-order valence-corrected chi connectivity index (χ3v) is 5.08. The minimum Gasteiger partial charge on any atom is -0.304 e. The molecule has 1 saturated carbocycles. The molecule has 1 atom stereocenters. The quantitative estimate of drug-likeness (QED) is 0.698. The maximum absolute atomic E-state index is 12.6. The van der Waals surface area contributed by atoms with E-state index >= 15 is 0 Å². The standard InChI is InChI=1S/C15H25N3O2/c1-16-7-9-17(10-8-16)13-11-14(19)18(15(13)20)12-5-3-2-4-6-12/h12-13H,2-11H2,1H3. The number of piperazine rings is 1. The van der Waals surface area contributed by atoms with Gasteiger partial charge >= 0.3 is 0 Å². The van der Waals surface area contributed by atoms with Crippen molar-refractivity contribution in [2.45, 2.75) is 50.6 Å². The van der Waals surface area contributed by atoms with E-state index in [2.05, 4.69) is 16.8 Å². The van der Waals surface area contributed by atoms with Gasteiger partial charge in [0.1, 0.15) is 0 Å². The van der Waals surface area contributed by atoms with Gasteiger partial charge in [0.25, 0.3) is 0 Å². The summed E-state index contributed by atoms with van der Waals surface area (Å²) in [5.74, 6) is 0.136. The van der Waals surface area contributed by atoms with Crippen molar-refractivity contribution in [2.24, 2.45) is 0 Å². The lowest BCUT2D eigenvalue weighted by Gasteiger charge is -2.36. The van der Waals surface area contributed by atoms with Crippen LogP contribution in [0.1, 0.15) is 38.5 Å². The Balaban J connectivity index is 1.66. The van der Waals surface area contributed by atoms with Crippen LogP contribution in [0.25, 0.3) is 0 Å². The van der Waals surface area contributed by atoms with Gasteiger partial charge in [-0.1, -0.05) is 19.3 Å². The van der Waals surface area contributed by atoms with Crippen molar-refractivity contribution in [1.29, 1.82) is 0 Å². The average molecular weight is 279 g/mol. The first kappa shape index (κ1) is 14.0. The zero-order valence-electron chi connectivity index (χ0n) is 12.4. The van der Waals surface area contributed by atoms with Crippen LogP contribution in [0.3, 0.4) is 0 Å². The molecule has 5 heteroatoms. The molecule has 20 heavy (non-hydrogen) atoms. The summed E-state index contributed by atoms with van der Waals surface area (Å²) in [5.41, 5.74) is 0. The van der Waals surface area contributed by atoms with Crippen LogP contribution in [-0.2, 0) is 9.59 Å². The van der Waals surface area contributed by atoms with Crippen molar-refractivity contribution in [3.63, 3.8) is 0 Å². The second-order valence-electron chi connectivity index (χ2n) is 6.45. The number of hydrogen-bond acceptors (Lipinski definition) is 4. The molecule has 2 amide bonds. The Bertz CT molecular complexity index is 385. The molecule has 1 aliphatic carbocycles. The number of imide groups is 1. The topological polar surface area (TPSA) is 43.9 Å². The van der Waals surface area contributed by atoms with Crippen molar-refractivity contribution in [3.8, 4) is 0 Å². The van der Waals surface area contributed by atoms with E-state index in [0.717, 1.165) is 51.9 Å². The fourth-order valence-electron chi connectivity index (χ4n) is 3.78. The number of amides is 2. The second-order valence-corrected chi connectivity index (χ2v) is 6.45. The Hall–Kier alpha value is -0.940. The molecule has 5 nitrogen and oxygen atoms in total. The second kappa shape index (κ2) is 5.82. The highest BCUT2D eigenvalue weighted by Gasteiger charge is 2.45. The molecular formula is C15H25N3O2. The van der Waals surface area contributed by atoms with Crippen molar-refractivity contribution in [1.82, 2.24) is 14.7 Å². The first-order valence-corrected chi connectivity index (χ1v) is 7.95. The van der Waals surface area contributed by atoms with E-state index < -0.39 is 0 Å². The number of rotatable bonds is 2. The maximum atomic E-state index is 12.6. The van der Waals surface area contributed by atoms with Crippen molar-refractivity contribution in [2.75, 3.05) is 33.2 Å². The number of carbonyl (C=O) groups excluding carboxylic acids is 2. The van der Waals surface area contributed by atoms with E-state index in [1.165, 1.54) is 6.42 Å². The molecular weight excluding hydrogens is 254 g/mol. The fourth-order valence-corrected chi connectivity index (χ4v) is 3.78. The molecule has 3 rings (SSSR count). The Labute approximate surface area is 120 Å². The zero-order valence-corrected chi connectivity index (χ0v) is 12.4. The predicted octanol–water partition coefficient (Wildman–Crippen LogP) is 0.694. The van der Waals surface area contributed by atoms with Crippen LogP contribution in [0.5, 0.6) is 0 Å². The van der Waals surface area contributed by atoms with Crippen LogP contribution in [-0.4, -0.2) is 71.8 Å². The molecule has 0 aromatic rings. The zero-order chi connectivity index (χ0) is 14.1. The Morgan fingerprint density at radius 2 is 1.60 bits per heavy atom. The smallest absolute Gasteiger partial charge is 0.247 e. The summed E-state index contributed by atoms with van der Waals surface area (Å²) in [5, 5.41) is 0. The van der Waals surface area contributed by atoms with Gasteiger partial charge in [-0.15, -0.1) is 0 Å². The van der Waals surface area contributed by atoms with Gasteiger partial charge in [0.2, 0.25) is 11.8 Å². The highest BCUT2D eigenvalue weighted by atomic mass is 16.2. The van der Waals surface area contributed by atoms with E-state index in [4.69, 9.17) is 0 Å². The first-order chi connectivity index (χ1) is 9.66. The van der Waals surface area contributed by atoms with E-state index in [1.54, 1.807) is 4.90 Å². The van der Waals surface area contributed by atoms with Gasteiger partial charge in [-0.05, 0) is 19.9 Å². The first-order valence-electron chi connectivity index (χ1n) is 7.95. The van der Waals surface area contributed by atoms with Crippen LogP contribution >= 0.6 is 0 Å². The highest BCUT2D eigenvalue weighted by molar-refractivity contribution is 6.05. The monoisotopic (exact) mass is 279 g/mol. The normalized spacial score (nSPS) is 31.2. The van der Waals surface area contributed by atoms with Gasteiger partial charge in [0.15, 0.2) is 0 Å². The molecule has 112 valence electrons. The molecule has 2 saturated heterocycles. The molecule has 0 aromatic carbocycles. The van der Waals surface area contributed by atoms with Crippen LogP contribution in [0, 0.1) is 0 Å². The summed E-state index contributed by atoms with van der Waals surface area (Å²) in [7, 11) is 2.10. The third-order valence-electron chi connectivity index (χ3n) is 5.08. The third kappa shape index (κ3) is 2.61. The lowest BCUT2D eigenvalue weighted by Crippen LogP contribution is -2.52. The van der Waals surface area contributed by atoms with Crippen molar-refractivity contribution < 1.29 is 9.59 Å². The largest absolute Gasteiger partial charge is 0.304 e. The lowest BCUT2D eigenvalue weighted by atomic mass is 9.94. The molecule has 3 aliphatic rings. The van der Waals surface area contributed by atoms with Gasteiger partial charge in [-0.25, -0.2) is 0 Å². The van der Waals surface area contributed by atoms with Gasteiger partial charge in [0, 0.05) is 32.2 Å². The predicted molar refractivity (Wildman–Crippen MR) is 76.2 cm³/mol. The number of likely N-dealkylation sites (tertiary alicyclic amines) is 1. The number of carbonyl (C=O) groups is 2. The number of hydrogen-bond donors (Lipinski definition) is 0. The summed E-state index contributed by atoms with van der Waals surface area (Å²) >= 11 is 0. The van der Waals surface area contributed by atoms with E-state index in [1.807, 2.05) is 0 Å². The summed E-state index contributed by atoms with van der Waals surface area (Å²) in [6, 6.07) is -0.000610. The molecule has 0 bridgehead atoms. The van der Waals surface area contributed by atoms with Crippen LogP contribution in [0.2, 0.25) is 0 Å². The summed E-state index contributed by atoms with van der Waals surface area (Å²) in [6.07, 6.45) is 5.97. The van der Waals surface area contributed by atoms with Gasteiger partial charge in [0.05, 0.1) is 12.5 Å². The molecule has 2 heterocycles. The summed E-state index contributed by atoms with van der Waals surface area (Å²) in [4.78, 5) is 31.0. The van der Waals surface area contributed by atoms with E-state index in [-0.39, 0.29) is 23.9 Å². The number of nitrogens with zero attached hydrogens (tertiary/aromatic N) is 3. The van der Waals surface area contributed by atoms with Crippen LogP contribution < -0.4 is 0 Å². The van der Waals surface area contributed by atoms with E-state index in [9.17, 15) is 9.59 Å². The molecule has 2 aliphatic heterocycles. The Kier molecular flexibility index (Phi) is 4.08. The minimum atomic E-state index is -0.182. The molecule has 0 spiro atoms. The Morgan fingerprint density at radius 3 is 2.25 bits per heavy atom. The number of likely N-dealkylation sites (N-methyl/N-ethyl adjacent to an activating group) is 1. The lowest BCUT2D eigenvalue weighted by molar-refractivity contribution is -0.143. The average Bonchev–Trinajstić information content (AvgIpc) is 2.76. The van der Waals surface area contributed by atoms with Crippen LogP contribution in [0.4, 0.5) is 0 Å². The molecule has 0 radical (unpaired) electrons. The maximum Gasteiger partial charge on any atom is 0.247 e. The highest BCUT2D eigenvalue weighted by Crippen LogP contribution is 2.29. The molecule has 0 aromatic heterocycles. The van der Waals surface area contributed by atoms with E-state index in [0.29, 0.717) is 6.42 Å². The summed E-state index contributed by atoms with van der Waals surface area (Å²) < 4.78 is 0. The van der Waals surface area contributed by atoms with Gasteiger partial charge in [-0.2, -0.15) is 0 Å². The SMILES string of the molecule is CN1CCN(C2CC(=O)N(C3CCCCC3)C2=O)CC1. The van der Waals surface area contributed by atoms with Crippen molar-refractivity contribution in [3.05, 3.63) is 0 Å². The fraction of sp³-hybridized carbons (Fsp3) is 0.867. The molecule has 1 unspecified atom stereocenters. The van der Waals surface area contributed by atoms with Gasteiger partial charge < -0.3 is 4.90 Å². The van der Waals surface area contributed by atoms with Gasteiger partial charge in [-0.3, -0.25) is 19.4 Å². The molecule has 0 N–H and O–H groups in total. The van der Waals surface area contributed by atoms with Crippen LogP contribution in [0.15, 0.2) is 0 Å².